The Kier molecular flexibility index (Phi) is 2.37. The first-order valence-electron chi connectivity index (χ1n) is 4.55. The van der Waals surface area contributed by atoms with Crippen LogP contribution >= 0.6 is 0 Å². The van der Waals surface area contributed by atoms with Crippen LogP contribution in [0.1, 0.15) is 0 Å². The molecule has 2 aromatic heterocycles. The largest absolute Gasteiger partial charge is 0.481 e. The van der Waals surface area contributed by atoms with E-state index < -0.39 is 0 Å². The molecule has 2 N–H and O–H groups in total. The molecule has 2 rings (SSSR count). The first kappa shape index (κ1) is 9.02. The fourth-order valence-electron chi connectivity index (χ4n) is 1.50. The van der Waals surface area contributed by atoms with Crippen molar-refractivity contribution in [2.75, 3.05) is 13.7 Å². The van der Waals surface area contributed by atoms with Gasteiger partial charge in [0.25, 0.3) is 0 Å². The SMILES string of the molecule is COc1ccc2c(ccn2CCN)n1. The van der Waals surface area contributed by atoms with Crippen LogP contribution < -0.4 is 10.5 Å². The first-order valence-corrected chi connectivity index (χ1v) is 4.55. The molecule has 74 valence electrons. The molecular weight excluding hydrogens is 178 g/mol. The Labute approximate surface area is 82.3 Å². The molecule has 2 aromatic rings. The van der Waals surface area contributed by atoms with Gasteiger partial charge in [-0.15, -0.1) is 0 Å². The zero-order valence-corrected chi connectivity index (χ0v) is 8.10. The highest BCUT2D eigenvalue weighted by Gasteiger charge is 2.02. The standard InChI is InChI=1S/C10H13N3O/c1-14-10-3-2-9-8(12-10)4-6-13(9)7-5-11/h2-4,6H,5,7,11H2,1H3. The molecule has 0 unspecified atom stereocenters. The number of fused-ring (bicyclic) bond motifs is 1. The van der Waals surface area contributed by atoms with Gasteiger partial charge in [-0.1, -0.05) is 0 Å². The molecule has 0 radical (unpaired) electrons. The van der Waals surface area contributed by atoms with Gasteiger partial charge in [0.1, 0.15) is 0 Å². The van der Waals surface area contributed by atoms with Crippen molar-refractivity contribution in [1.29, 1.82) is 0 Å². The lowest BCUT2D eigenvalue weighted by Crippen LogP contribution is -2.08. The third kappa shape index (κ3) is 1.44. The fraction of sp³-hybridized carbons (Fsp3) is 0.300. The van der Waals surface area contributed by atoms with Crippen LogP contribution in [-0.4, -0.2) is 23.2 Å². The van der Waals surface area contributed by atoms with Gasteiger partial charge in [-0.25, -0.2) is 4.98 Å². The highest BCUT2D eigenvalue weighted by molar-refractivity contribution is 5.76. The predicted octanol–water partition coefficient (Wildman–Crippen LogP) is 1.00. The maximum atomic E-state index is 5.50. The number of pyridine rings is 1. The molecule has 0 aliphatic rings. The summed E-state index contributed by atoms with van der Waals surface area (Å²) >= 11 is 0. The van der Waals surface area contributed by atoms with Crippen LogP contribution in [0.15, 0.2) is 24.4 Å². The van der Waals surface area contributed by atoms with E-state index in [9.17, 15) is 0 Å². The Morgan fingerprint density at radius 1 is 1.43 bits per heavy atom. The summed E-state index contributed by atoms with van der Waals surface area (Å²) in [6, 6.07) is 5.82. The van der Waals surface area contributed by atoms with Gasteiger partial charge in [-0.2, -0.15) is 0 Å². The van der Waals surface area contributed by atoms with Crippen molar-refractivity contribution in [3.63, 3.8) is 0 Å². The lowest BCUT2D eigenvalue weighted by Gasteiger charge is -2.02. The lowest BCUT2D eigenvalue weighted by atomic mass is 10.4. The average Bonchev–Trinajstić information content (AvgIpc) is 2.61. The Morgan fingerprint density at radius 3 is 3.00 bits per heavy atom. The minimum atomic E-state index is 0.635. The number of ether oxygens (including phenoxy) is 1. The monoisotopic (exact) mass is 191 g/mol. The van der Waals surface area contributed by atoms with Crippen molar-refractivity contribution in [2.24, 2.45) is 5.73 Å². The molecule has 0 amide bonds. The minimum absolute atomic E-state index is 0.635. The van der Waals surface area contributed by atoms with E-state index in [0.717, 1.165) is 17.6 Å². The quantitative estimate of drug-likeness (QED) is 0.787. The summed E-state index contributed by atoms with van der Waals surface area (Å²) in [4.78, 5) is 4.31. The molecule has 0 aliphatic carbocycles. The normalized spacial score (nSPS) is 10.7. The van der Waals surface area contributed by atoms with E-state index >= 15 is 0 Å². The van der Waals surface area contributed by atoms with Crippen LogP contribution in [0.3, 0.4) is 0 Å². The highest BCUT2D eigenvalue weighted by atomic mass is 16.5. The van der Waals surface area contributed by atoms with Gasteiger partial charge in [0.15, 0.2) is 0 Å². The predicted molar refractivity (Wildman–Crippen MR) is 55.3 cm³/mol. The number of aromatic nitrogens is 2. The number of hydrogen-bond acceptors (Lipinski definition) is 3. The zero-order chi connectivity index (χ0) is 9.97. The summed E-state index contributed by atoms with van der Waals surface area (Å²) in [7, 11) is 1.62. The van der Waals surface area contributed by atoms with Crippen molar-refractivity contribution in [1.82, 2.24) is 9.55 Å². The van der Waals surface area contributed by atoms with Gasteiger partial charge in [-0.3, -0.25) is 0 Å². The van der Waals surface area contributed by atoms with E-state index in [0.29, 0.717) is 12.4 Å². The van der Waals surface area contributed by atoms with E-state index in [4.69, 9.17) is 10.5 Å². The van der Waals surface area contributed by atoms with Crippen LogP contribution in [-0.2, 0) is 6.54 Å². The Hall–Kier alpha value is -1.55. The van der Waals surface area contributed by atoms with E-state index in [-0.39, 0.29) is 0 Å². The smallest absolute Gasteiger partial charge is 0.213 e. The van der Waals surface area contributed by atoms with Gasteiger partial charge in [0.05, 0.1) is 18.1 Å². The molecule has 0 atom stereocenters. The molecule has 2 heterocycles. The number of hydrogen-bond donors (Lipinski definition) is 1. The summed E-state index contributed by atoms with van der Waals surface area (Å²) in [6.45, 7) is 1.45. The third-order valence-electron chi connectivity index (χ3n) is 2.18. The molecule has 0 aromatic carbocycles. The first-order chi connectivity index (χ1) is 6.85. The Bertz CT molecular complexity index is 436. The lowest BCUT2D eigenvalue weighted by molar-refractivity contribution is 0.399. The Morgan fingerprint density at radius 2 is 2.29 bits per heavy atom. The summed E-state index contributed by atoms with van der Waals surface area (Å²) < 4.78 is 7.13. The average molecular weight is 191 g/mol. The van der Waals surface area contributed by atoms with Gasteiger partial charge >= 0.3 is 0 Å². The van der Waals surface area contributed by atoms with Crippen molar-refractivity contribution >= 4 is 11.0 Å². The second-order valence-electron chi connectivity index (χ2n) is 3.06. The maximum Gasteiger partial charge on any atom is 0.213 e. The van der Waals surface area contributed by atoms with Crippen LogP contribution in [0.4, 0.5) is 0 Å². The zero-order valence-electron chi connectivity index (χ0n) is 8.10. The molecule has 0 saturated heterocycles. The molecule has 0 fully saturated rings. The van der Waals surface area contributed by atoms with E-state index in [1.54, 1.807) is 7.11 Å². The molecule has 0 spiro atoms. The summed E-state index contributed by atoms with van der Waals surface area (Å²) in [6.07, 6.45) is 1.99. The molecular formula is C10H13N3O. The Balaban J connectivity index is 2.48. The van der Waals surface area contributed by atoms with Crippen LogP contribution in [0.5, 0.6) is 5.88 Å². The molecule has 0 aliphatic heterocycles. The molecule has 0 saturated carbocycles. The molecule has 0 bridgehead atoms. The number of nitrogens with two attached hydrogens (primary N) is 1. The van der Waals surface area contributed by atoms with E-state index in [2.05, 4.69) is 9.55 Å². The molecule has 14 heavy (non-hydrogen) atoms. The van der Waals surface area contributed by atoms with Crippen LogP contribution in [0, 0.1) is 0 Å². The van der Waals surface area contributed by atoms with E-state index in [1.165, 1.54) is 0 Å². The topological polar surface area (TPSA) is 53.1 Å². The van der Waals surface area contributed by atoms with Crippen molar-refractivity contribution in [3.05, 3.63) is 24.4 Å². The number of nitrogens with zero attached hydrogens (tertiary/aromatic N) is 2. The van der Waals surface area contributed by atoms with Crippen molar-refractivity contribution in [2.45, 2.75) is 6.54 Å². The van der Waals surface area contributed by atoms with Crippen molar-refractivity contribution < 1.29 is 4.74 Å². The van der Waals surface area contributed by atoms with Gasteiger partial charge in [0.2, 0.25) is 5.88 Å². The molecule has 4 heteroatoms. The summed E-state index contributed by atoms with van der Waals surface area (Å²) in [5, 5.41) is 0. The van der Waals surface area contributed by atoms with Crippen LogP contribution in [0.25, 0.3) is 11.0 Å². The van der Waals surface area contributed by atoms with Gasteiger partial charge in [0, 0.05) is 25.4 Å². The van der Waals surface area contributed by atoms with E-state index in [1.807, 2.05) is 24.4 Å². The highest BCUT2D eigenvalue weighted by Crippen LogP contribution is 2.17. The van der Waals surface area contributed by atoms with Crippen molar-refractivity contribution in [3.8, 4) is 5.88 Å². The summed E-state index contributed by atoms with van der Waals surface area (Å²) in [5.41, 5.74) is 7.54. The third-order valence-corrected chi connectivity index (χ3v) is 2.18. The van der Waals surface area contributed by atoms with Crippen LogP contribution in [0.2, 0.25) is 0 Å². The van der Waals surface area contributed by atoms with Gasteiger partial charge < -0.3 is 15.0 Å². The van der Waals surface area contributed by atoms with Gasteiger partial charge in [-0.05, 0) is 12.1 Å². The second kappa shape index (κ2) is 3.67. The minimum Gasteiger partial charge on any atom is -0.481 e. The molecule has 4 nitrogen and oxygen atoms in total. The fourth-order valence-corrected chi connectivity index (χ4v) is 1.50. The maximum absolute atomic E-state index is 5.50. The second-order valence-corrected chi connectivity index (χ2v) is 3.06. The summed E-state index contributed by atoms with van der Waals surface area (Å²) in [5.74, 6) is 0.642. The number of rotatable bonds is 3. The number of methoxy groups -OCH3 is 1.